The molecule has 1 atom stereocenters. The van der Waals surface area contributed by atoms with E-state index in [-0.39, 0.29) is 0 Å². The molecule has 0 spiro atoms. The van der Waals surface area contributed by atoms with Crippen molar-refractivity contribution in [1.82, 2.24) is 0 Å². The average molecular weight is 190 g/mol. The van der Waals surface area contributed by atoms with Gasteiger partial charge >= 0.3 is 0 Å². The Morgan fingerprint density at radius 1 is 1.21 bits per heavy atom. The second-order valence-electron chi connectivity index (χ2n) is 4.11. The number of benzene rings is 1. The highest BCUT2D eigenvalue weighted by atomic mass is 15.1. The Morgan fingerprint density at radius 3 is 2.50 bits per heavy atom. The summed E-state index contributed by atoms with van der Waals surface area (Å²) < 4.78 is 0. The molecule has 1 aliphatic heterocycles. The maximum absolute atomic E-state index is 3.55. The van der Waals surface area contributed by atoms with Crippen molar-refractivity contribution in [1.29, 1.82) is 0 Å². The van der Waals surface area contributed by atoms with Crippen molar-refractivity contribution in [2.45, 2.75) is 33.2 Å². The van der Waals surface area contributed by atoms with Gasteiger partial charge in [0.05, 0.1) is 11.4 Å². The normalized spacial score (nSPS) is 19.5. The van der Waals surface area contributed by atoms with Crippen LogP contribution in [-0.4, -0.2) is 12.6 Å². The number of rotatable bonds is 1. The molecule has 0 radical (unpaired) electrons. The van der Waals surface area contributed by atoms with Crippen LogP contribution in [0.5, 0.6) is 0 Å². The van der Waals surface area contributed by atoms with Crippen molar-refractivity contribution in [2.75, 3.05) is 17.2 Å². The fourth-order valence-corrected chi connectivity index (χ4v) is 1.83. The lowest BCUT2D eigenvalue weighted by atomic mass is 10.0. The third-order valence-electron chi connectivity index (χ3n) is 3.03. The average Bonchev–Trinajstić information content (AvgIpc) is 2.19. The Labute approximate surface area is 85.7 Å². The quantitative estimate of drug-likeness (QED) is 0.711. The van der Waals surface area contributed by atoms with Crippen LogP contribution in [0.3, 0.4) is 0 Å². The zero-order valence-electron chi connectivity index (χ0n) is 9.15. The molecule has 0 bridgehead atoms. The molecule has 0 saturated carbocycles. The van der Waals surface area contributed by atoms with Crippen LogP contribution in [-0.2, 0) is 0 Å². The highest BCUT2D eigenvalue weighted by molar-refractivity contribution is 5.73. The van der Waals surface area contributed by atoms with E-state index in [0.29, 0.717) is 6.04 Å². The van der Waals surface area contributed by atoms with E-state index in [9.17, 15) is 0 Å². The lowest BCUT2D eigenvalue weighted by molar-refractivity contribution is 0.713. The summed E-state index contributed by atoms with van der Waals surface area (Å²) in [5, 5.41) is 7.02. The summed E-state index contributed by atoms with van der Waals surface area (Å²) in [5.41, 5.74) is 5.21. The van der Waals surface area contributed by atoms with Crippen molar-refractivity contribution >= 4 is 11.4 Å². The van der Waals surface area contributed by atoms with E-state index in [1.54, 1.807) is 0 Å². The van der Waals surface area contributed by atoms with Crippen molar-refractivity contribution in [3.63, 3.8) is 0 Å². The molecule has 0 fully saturated rings. The Bertz CT molecular complexity index is 344. The third-order valence-corrected chi connectivity index (χ3v) is 3.03. The van der Waals surface area contributed by atoms with Crippen LogP contribution < -0.4 is 10.6 Å². The van der Waals surface area contributed by atoms with Crippen molar-refractivity contribution < 1.29 is 0 Å². The fraction of sp³-hybridized carbons (Fsp3) is 0.500. The predicted octanol–water partition coefficient (Wildman–Crippen LogP) is 2.92. The number of nitrogens with one attached hydrogen (secondary N) is 2. The van der Waals surface area contributed by atoms with E-state index in [4.69, 9.17) is 0 Å². The second-order valence-corrected chi connectivity index (χ2v) is 4.11. The maximum atomic E-state index is 3.55. The highest BCUT2D eigenvalue weighted by Crippen LogP contribution is 2.29. The van der Waals surface area contributed by atoms with E-state index in [2.05, 4.69) is 43.5 Å². The summed E-state index contributed by atoms with van der Waals surface area (Å²) in [6, 6.07) is 5.04. The standard InChI is InChI=1S/C12H18N2/c1-4-10-7-13-11-5-8(2)9(3)6-12(11)14-10/h5-6,10,13-14H,4,7H2,1-3H3/t10-/m1/s1. The number of hydrogen-bond acceptors (Lipinski definition) is 2. The van der Waals surface area contributed by atoms with E-state index in [1.807, 2.05) is 0 Å². The number of anilines is 2. The van der Waals surface area contributed by atoms with Gasteiger partial charge in [0.25, 0.3) is 0 Å². The molecular formula is C12H18N2. The van der Waals surface area contributed by atoms with E-state index in [0.717, 1.165) is 6.54 Å². The predicted molar refractivity (Wildman–Crippen MR) is 62.1 cm³/mol. The largest absolute Gasteiger partial charge is 0.381 e. The van der Waals surface area contributed by atoms with Gasteiger partial charge < -0.3 is 10.6 Å². The van der Waals surface area contributed by atoms with Crippen LogP contribution in [0.4, 0.5) is 11.4 Å². The Balaban J connectivity index is 2.33. The molecule has 0 aliphatic carbocycles. The zero-order valence-corrected chi connectivity index (χ0v) is 9.15. The molecule has 2 rings (SSSR count). The van der Waals surface area contributed by atoms with Crippen LogP contribution in [0.25, 0.3) is 0 Å². The zero-order chi connectivity index (χ0) is 10.1. The van der Waals surface area contributed by atoms with Crippen molar-refractivity contribution in [3.05, 3.63) is 23.3 Å². The van der Waals surface area contributed by atoms with Crippen LogP contribution >= 0.6 is 0 Å². The minimum atomic E-state index is 0.574. The molecule has 0 unspecified atom stereocenters. The van der Waals surface area contributed by atoms with Gasteiger partial charge in [-0.15, -0.1) is 0 Å². The van der Waals surface area contributed by atoms with Gasteiger partial charge in [0.2, 0.25) is 0 Å². The minimum Gasteiger partial charge on any atom is -0.381 e. The molecule has 2 N–H and O–H groups in total. The van der Waals surface area contributed by atoms with Gasteiger partial charge in [-0.1, -0.05) is 6.92 Å². The second kappa shape index (κ2) is 3.52. The molecule has 1 aliphatic rings. The Morgan fingerprint density at radius 2 is 1.86 bits per heavy atom. The van der Waals surface area contributed by atoms with E-state index >= 15 is 0 Å². The van der Waals surface area contributed by atoms with Gasteiger partial charge in [0, 0.05) is 12.6 Å². The Hall–Kier alpha value is -1.18. The molecule has 2 heteroatoms. The SMILES string of the molecule is CC[C@@H]1CNc2cc(C)c(C)cc2N1. The smallest absolute Gasteiger partial charge is 0.0581 e. The van der Waals surface area contributed by atoms with Crippen molar-refractivity contribution in [2.24, 2.45) is 0 Å². The summed E-state index contributed by atoms with van der Waals surface area (Å²) in [6.07, 6.45) is 1.17. The molecule has 0 amide bonds. The van der Waals surface area contributed by atoms with Crippen LogP contribution in [0.1, 0.15) is 24.5 Å². The first-order chi connectivity index (χ1) is 6.70. The van der Waals surface area contributed by atoms with Gasteiger partial charge in [0.15, 0.2) is 0 Å². The van der Waals surface area contributed by atoms with Gasteiger partial charge in [0.1, 0.15) is 0 Å². The molecule has 14 heavy (non-hydrogen) atoms. The molecule has 1 heterocycles. The monoisotopic (exact) mass is 190 g/mol. The van der Waals surface area contributed by atoms with Crippen LogP contribution in [0.2, 0.25) is 0 Å². The summed E-state index contributed by atoms with van der Waals surface area (Å²) in [5.74, 6) is 0. The van der Waals surface area contributed by atoms with Crippen LogP contribution in [0.15, 0.2) is 12.1 Å². The highest BCUT2D eigenvalue weighted by Gasteiger charge is 2.15. The maximum Gasteiger partial charge on any atom is 0.0581 e. The fourth-order valence-electron chi connectivity index (χ4n) is 1.83. The Kier molecular flexibility index (Phi) is 2.36. The van der Waals surface area contributed by atoms with Gasteiger partial charge in [-0.25, -0.2) is 0 Å². The molecule has 0 saturated heterocycles. The summed E-state index contributed by atoms with van der Waals surface area (Å²) in [7, 11) is 0. The molecule has 2 nitrogen and oxygen atoms in total. The van der Waals surface area contributed by atoms with E-state index < -0.39 is 0 Å². The first-order valence-corrected chi connectivity index (χ1v) is 5.32. The van der Waals surface area contributed by atoms with Gasteiger partial charge in [-0.2, -0.15) is 0 Å². The molecule has 0 aromatic heterocycles. The summed E-state index contributed by atoms with van der Waals surface area (Å²) >= 11 is 0. The number of fused-ring (bicyclic) bond motifs is 1. The summed E-state index contributed by atoms with van der Waals surface area (Å²) in [6.45, 7) is 7.56. The lowest BCUT2D eigenvalue weighted by Gasteiger charge is -2.28. The molecule has 1 aromatic rings. The van der Waals surface area contributed by atoms with Gasteiger partial charge in [-0.05, 0) is 43.5 Å². The summed E-state index contributed by atoms with van der Waals surface area (Å²) in [4.78, 5) is 0. The number of aryl methyl sites for hydroxylation is 2. The molecule has 1 aromatic carbocycles. The lowest BCUT2D eigenvalue weighted by Crippen LogP contribution is -2.32. The van der Waals surface area contributed by atoms with Gasteiger partial charge in [-0.3, -0.25) is 0 Å². The molecular weight excluding hydrogens is 172 g/mol. The first kappa shape index (κ1) is 9.38. The topological polar surface area (TPSA) is 24.1 Å². The molecule has 76 valence electrons. The van der Waals surface area contributed by atoms with Crippen molar-refractivity contribution in [3.8, 4) is 0 Å². The number of hydrogen-bond donors (Lipinski definition) is 2. The van der Waals surface area contributed by atoms with E-state index in [1.165, 1.54) is 28.9 Å². The minimum absolute atomic E-state index is 0.574. The first-order valence-electron chi connectivity index (χ1n) is 5.32. The third kappa shape index (κ3) is 1.57. The van der Waals surface area contributed by atoms with Crippen LogP contribution in [0, 0.1) is 13.8 Å².